The minimum absolute atomic E-state index is 0.0754. The van der Waals surface area contributed by atoms with Gasteiger partial charge in [0.25, 0.3) is 0 Å². The van der Waals surface area contributed by atoms with Crippen LogP contribution < -0.4 is 10.0 Å². The SMILES string of the molecule is CNS(=O)(=O)c1ccc(C(C)NC(CO)c2ccco2)cc1. The molecule has 0 fully saturated rings. The van der Waals surface area contributed by atoms with E-state index in [1.54, 1.807) is 42.7 Å². The van der Waals surface area contributed by atoms with Crippen molar-refractivity contribution in [2.45, 2.75) is 23.9 Å². The average molecular weight is 324 g/mol. The van der Waals surface area contributed by atoms with Crippen molar-refractivity contribution in [3.05, 3.63) is 54.0 Å². The van der Waals surface area contributed by atoms with Crippen molar-refractivity contribution in [1.29, 1.82) is 0 Å². The number of furan rings is 1. The molecule has 1 heterocycles. The van der Waals surface area contributed by atoms with Crippen LogP contribution in [0.15, 0.2) is 52.0 Å². The highest BCUT2D eigenvalue weighted by Gasteiger charge is 2.17. The summed E-state index contributed by atoms with van der Waals surface area (Å²) in [6.07, 6.45) is 1.56. The zero-order valence-corrected chi connectivity index (χ0v) is 13.3. The Hall–Kier alpha value is -1.67. The Morgan fingerprint density at radius 3 is 2.41 bits per heavy atom. The first kappa shape index (κ1) is 16.7. The second-order valence-electron chi connectivity index (χ2n) is 4.92. The molecular formula is C15H20N2O4S. The summed E-state index contributed by atoms with van der Waals surface area (Å²) in [5, 5.41) is 12.7. The molecule has 1 aromatic carbocycles. The third-order valence-corrected chi connectivity index (χ3v) is 4.91. The van der Waals surface area contributed by atoms with Gasteiger partial charge in [0.15, 0.2) is 0 Å². The van der Waals surface area contributed by atoms with Gasteiger partial charge in [-0.25, -0.2) is 13.1 Å². The predicted molar refractivity (Wildman–Crippen MR) is 82.8 cm³/mol. The second-order valence-corrected chi connectivity index (χ2v) is 6.80. The van der Waals surface area contributed by atoms with Crippen LogP contribution in [0.4, 0.5) is 0 Å². The van der Waals surface area contributed by atoms with Gasteiger partial charge in [0.1, 0.15) is 5.76 Å². The first-order chi connectivity index (χ1) is 10.5. The Balaban J connectivity index is 2.11. The summed E-state index contributed by atoms with van der Waals surface area (Å²) in [5.74, 6) is 0.656. The van der Waals surface area contributed by atoms with Gasteiger partial charge in [0.2, 0.25) is 10.0 Å². The molecule has 0 aliphatic carbocycles. The molecule has 0 saturated carbocycles. The molecule has 7 heteroatoms. The van der Waals surface area contributed by atoms with E-state index < -0.39 is 10.0 Å². The Bertz CT molecular complexity index is 681. The quantitative estimate of drug-likeness (QED) is 0.719. The fraction of sp³-hybridized carbons (Fsp3) is 0.333. The third-order valence-electron chi connectivity index (χ3n) is 3.48. The van der Waals surface area contributed by atoms with E-state index in [0.717, 1.165) is 5.56 Å². The summed E-state index contributed by atoms with van der Waals surface area (Å²) in [5.41, 5.74) is 0.917. The zero-order valence-electron chi connectivity index (χ0n) is 12.5. The summed E-state index contributed by atoms with van der Waals surface area (Å²) in [4.78, 5) is 0.218. The van der Waals surface area contributed by atoms with E-state index in [0.29, 0.717) is 5.76 Å². The van der Waals surface area contributed by atoms with Crippen LogP contribution in [0.1, 0.15) is 30.3 Å². The van der Waals surface area contributed by atoms with Gasteiger partial charge in [0.05, 0.1) is 23.8 Å². The molecule has 120 valence electrons. The van der Waals surface area contributed by atoms with Gasteiger partial charge in [-0.15, -0.1) is 0 Å². The normalized spacial score (nSPS) is 14.7. The Labute approximate surface area is 130 Å². The topological polar surface area (TPSA) is 91.6 Å². The highest BCUT2D eigenvalue weighted by Crippen LogP contribution is 2.21. The van der Waals surface area contributed by atoms with Gasteiger partial charge in [-0.3, -0.25) is 5.32 Å². The molecule has 0 bridgehead atoms. The minimum Gasteiger partial charge on any atom is -0.468 e. The van der Waals surface area contributed by atoms with Crippen molar-refractivity contribution in [1.82, 2.24) is 10.0 Å². The maximum absolute atomic E-state index is 11.7. The number of hydrogen-bond donors (Lipinski definition) is 3. The molecular weight excluding hydrogens is 304 g/mol. The number of benzene rings is 1. The second kappa shape index (κ2) is 7.06. The molecule has 6 nitrogen and oxygen atoms in total. The third kappa shape index (κ3) is 3.75. The van der Waals surface area contributed by atoms with Gasteiger partial charge in [0, 0.05) is 6.04 Å². The Kier molecular flexibility index (Phi) is 5.36. The van der Waals surface area contributed by atoms with Gasteiger partial charge in [-0.1, -0.05) is 12.1 Å². The first-order valence-electron chi connectivity index (χ1n) is 6.91. The molecule has 2 unspecified atom stereocenters. The lowest BCUT2D eigenvalue weighted by atomic mass is 10.1. The Morgan fingerprint density at radius 1 is 1.23 bits per heavy atom. The summed E-state index contributed by atoms with van der Waals surface area (Å²) in [6.45, 7) is 1.84. The molecule has 0 aliphatic rings. The minimum atomic E-state index is -3.43. The van der Waals surface area contributed by atoms with Gasteiger partial charge in [-0.05, 0) is 43.8 Å². The molecule has 2 rings (SSSR count). The Morgan fingerprint density at radius 2 is 1.91 bits per heavy atom. The highest BCUT2D eigenvalue weighted by atomic mass is 32.2. The van der Waals surface area contributed by atoms with Crippen LogP contribution >= 0.6 is 0 Å². The van der Waals surface area contributed by atoms with Gasteiger partial charge in [-0.2, -0.15) is 0 Å². The monoisotopic (exact) mass is 324 g/mol. The van der Waals surface area contributed by atoms with Crippen LogP contribution in [0.3, 0.4) is 0 Å². The van der Waals surface area contributed by atoms with E-state index in [4.69, 9.17) is 4.42 Å². The lowest BCUT2D eigenvalue weighted by Crippen LogP contribution is -2.27. The average Bonchev–Trinajstić information content (AvgIpc) is 3.06. The van der Waals surface area contributed by atoms with Crippen LogP contribution in [0, 0.1) is 0 Å². The number of sulfonamides is 1. The first-order valence-corrected chi connectivity index (χ1v) is 8.40. The molecule has 2 atom stereocenters. The lowest BCUT2D eigenvalue weighted by molar-refractivity contribution is 0.217. The standard InChI is InChI=1S/C15H20N2O4S/c1-11(17-14(10-18)15-4-3-9-21-15)12-5-7-13(8-6-12)22(19,20)16-2/h3-9,11,14,16-18H,10H2,1-2H3. The van der Waals surface area contributed by atoms with Crippen LogP contribution in [0.2, 0.25) is 0 Å². The fourth-order valence-electron chi connectivity index (χ4n) is 2.17. The van der Waals surface area contributed by atoms with E-state index in [2.05, 4.69) is 10.0 Å². The van der Waals surface area contributed by atoms with E-state index in [1.807, 2.05) is 6.92 Å². The van der Waals surface area contributed by atoms with Crippen molar-refractivity contribution in [3.8, 4) is 0 Å². The summed E-state index contributed by atoms with van der Waals surface area (Å²) in [7, 11) is -2.05. The number of aliphatic hydroxyl groups excluding tert-OH is 1. The molecule has 0 spiro atoms. The molecule has 2 aromatic rings. The molecule has 3 N–H and O–H groups in total. The van der Waals surface area contributed by atoms with Gasteiger partial charge < -0.3 is 9.52 Å². The maximum atomic E-state index is 11.7. The summed E-state index contributed by atoms with van der Waals surface area (Å²) in [6, 6.07) is 9.78. The fourth-order valence-corrected chi connectivity index (χ4v) is 2.90. The van der Waals surface area contributed by atoms with E-state index >= 15 is 0 Å². The van der Waals surface area contributed by atoms with E-state index in [-0.39, 0.29) is 23.6 Å². The predicted octanol–water partition coefficient (Wildman–Crippen LogP) is 1.57. The largest absolute Gasteiger partial charge is 0.468 e. The van der Waals surface area contributed by atoms with Crippen LogP contribution in [0.5, 0.6) is 0 Å². The molecule has 0 radical (unpaired) electrons. The number of hydrogen-bond acceptors (Lipinski definition) is 5. The van der Waals surface area contributed by atoms with Crippen molar-refractivity contribution in [2.75, 3.05) is 13.7 Å². The molecule has 22 heavy (non-hydrogen) atoms. The van der Waals surface area contributed by atoms with Crippen molar-refractivity contribution < 1.29 is 17.9 Å². The van der Waals surface area contributed by atoms with E-state index in [1.165, 1.54) is 7.05 Å². The smallest absolute Gasteiger partial charge is 0.240 e. The zero-order chi connectivity index (χ0) is 16.2. The summed E-state index contributed by atoms with van der Waals surface area (Å²) >= 11 is 0. The summed E-state index contributed by atoms with van der Waals surface area (Å²) < 4.78 is 30.9. The van der Waals surface area contributed by atoms with Gasteiger partial charge >= 0.3 is 0 Å². The van der Waals surface area contributed by atoms with Crippen LogP contribution in [-0.2, 0) is 10.0 Å². The van der Waals surface area contributed by atoms with Crippen molar-refractivity contribution >= 4 is 10.0 Å². The lowest BCUT2D eigenvalue weighted by Gasteiger charge is -2.20. The van der Waals surface area contributed by atoms with Crippen molar-refractivity contribution in [3.63, 3.8) is 0 Å². The van der Waals surface area contributed by atoms with E-state index in [9.17, 15) is 13.5 Å². The molecule has 1 aromatic heterocycles. The van der Waals surface area contributed by atoms with Crippen LogP contribution in [0.25, 0.3) is 0 Å². The number of rotatable bonds is 7. The molecule has 0 amide bonds. The highest BCUT2D eigenvalue weighted by molar-refractivity contribution is 7.89. The molecule has 0 aliphatic heterocycles. The van der Waals surface area contributed by atoms with Crippen molar-refractivity contribution in [2.24, 2.45) is 0 Å². The number of nitrogens with one attached hydrogen (secondary N) is 2. The van der Waals surface area contributed by atoms with Crippen LogP contribution in [-0.4, -0.2) is 27.2 Å². The molecule has 0 saturated heterocycles. The maximum Gasteiger partial charge on any atom is 0.240 e. The number of aliphatic hydroxyl groups is 1.